The minimum atomic E-state index is -5.30. The third-order valence-electron chi connectivity index (χ3n) is 5.19. The molecule has 4 nitrogen and oxygen atoms in total. The summed E-state index contributed by atoms with van der Waals surface area (Å²) in [5, 5.41) is 9.14. The fraction of sp³-hybridized carbons (Fsp3) is 0.400. The molecule has 31 heavy (non-hydrogen) atoms. The van der Waals surface area contributed by atoms with E-state index < -0.39 is 51.4 Å². The largest absolute Gasteiger partial charge is 0.465 e. The van der Waals surface area contributed by atoms with Gasteiger partial charge >= 0.3 is 12.1 Å². The van der Waals surface area contributed by atoms with E-state index in [-0.39, 0.29) is 9.75 Å². The van der Waals surface area contributed by atoms with Crippen molar-refractivity contribution in [3.8, 4) is 0 Å². The van der Waals surface area contributed by atoms with Crippen molar-refractivity contribution >= 4 is 46.3 Å². The van der Waals surface area contributed by atoms with E-state index in [4.69, 9.17) is 27.9 Å². The number of hydrogen-bond donors (Lipinski definition) is 1. The summed E-state index contributed by atoms with van der Waals surface area (Å²) in [6, 6.07) is 1.18. The van der Waals surface area contributed by atoms with Crippen molar-refractivity contribution in [2.24, 2.45) is 0 Å². The third-order valence-corrected chi connectivity index (χ3v) is 7.04. The van der Waals surface area contributed by atoms with Crippen molar-refractivity contribution in [1.82, 2.24) is 0 Å². The number of esters is 1. The Hall–Kier alpha value is -1.68. The van der Waals surface area contributed by atoms with Crippen LogP contribution in [0, 0.1) is 5.82 Å². The number of ether oxygens (including phenoxy) is 1. The molecule has 1 aromatic heterocycles. The average Bonchev–Trinajstić information content (AvgIpc) is 3.10. The maximum Gasteiger partial charge on any atom is 0.421 e. The van der Waals surface area contributed by atoms with Gasteiger partial charge in [0.05, 0.1) is 28.5 Å². The second-order valence-electron chi connectivity index (χ2n) is 7.13. The van der Waals surface area contributed by atoms with E-state index in [2.05, 4.69) is 0 Å². The van der Waals surface area contributed by atoms with Crippen molar-refractivity contribution in [3.63, 3.8) is 0 Å². The highest BCUT2D eigenvalue weighted by molar-refractivity contribution is 7.16. The van der Waals surface area contributed by atoms with E-state index in [9.17, 15) is 32.3 Å². The Morgan fingerprint density at radius 3 is 2.10 bits per heavy atom. The topological polar surface area (TPSA) is 63.6 Å². The van der Waals surface area contributed by atoms with Gasteiger partial charge in [0.1, 0.15) is 4.88 Å². The van der Waals surface area contributed by atoms with Crippen molar-refractivity contribution in [2.45, 2.75) is 43.9 Å². The quantitative estimate of drug-likeness (QED) is 0.242. The molecule has 1 heterocycles. The lowest BCUT2D eigenvalue weighted by molar-refractivity contribution is -0.264. The molecule has 168 valence electrons. The Morgan fingerprint density at radius 2 is 1.61 bits per heavy atom. The molecule has 0 fully saturated rings. The number of thiophene rings is 1. The number of rotatable bonds is 5. The Kier molecular flexibility index (Phi) is 6.72. The number of fused-ring (bicyclic) bond motifs is 1. The minimum Gasteiger partial charge on any atom is -0.465 e. The summed E-state index contributed by atoms with van der Waals surface area (Å²) in [5.41, 5.74) is -3.43. The molecule has 0 saturated carbocycles. The number of aliphatic hydroxyl groups is 1. The fourth-order valence-electron chi connectivity index (χ4n) is 3.59. The van der Waals surface area contributed by atoms with Crippen LogP contribution in [0.3, 0.4) is 0 Å². The van der Waals surface area contributed by atoms with Crippen LogP contribution < -0.4 is 0 Å². The number of Topliss-reactive ketones (excluding diaryl/α,β-unsaturated/α-hetero) is 1. The summed E-state index contributed by atoms with van der Waals surface area (Å²) < 4.78 is 60.1. The highest BCUT2D eigenvalue weighted by Crippen LogP contribution is 2.45. The summed E-state index contributed by atoms with van der Waals surface area (Å²) >= 11 is 12.0. The monoisotopic (exact) mass is 498 g/mol. The normalized spacial score (nSPS) is 15.9. The lowest BCUT2D eigenvalue weighted by atomic mass is 9.85. The van der Waals surface area contributed by atoms with Crippen LogP contribution in [-0.2, 0) is 23.2 Å². The smallest absolute Gasteiger partial charge is 0.421 e. The van der Waals surface area contributed by atoms with Crippen LogP contribution in [-0.4, -0.2) is 30.1 Å². The van der Waals surface area contributed by atoms with Gasteiger partial charge in [-0.3, -0.25) is 4.79 Å². The number of carbonyl (C=O) groups excluding carboxylic acids is 2. The zero-order chi connectivity index (χ0) is 23.1. The first-order chi connectivity index (χ1) is 14.4. The summed E-state index contributed by atoms with van der Waals surface area (Å²) in [5.74, 6) is -2.82. The molecule has 1 aliphatic rings. The maximum absolute atomic E-state index is 13.9. The van der Waals surface area contributed by atoms with E-state index in [0.29, 0.717) is 42.5 Å². The first-order valence-electron chi connectivity index (χ1n) is 9.11. The molecule has 3 rings (SSSR count). The van der Waals surface area contributed by atoms with Crippen LogP contribution in [0.25, 0.3) is 0 Å². The Bertz CT molecular complexity index is 1030. The van der Waals surface area contributed by atoms with Crippen LogP contribution >= 0.6 is 34.5 Å². The molecular formula is C20H16Cl2F4O4S. The molecule has 0 bridgehead atoms. The van der Waals surface area contributed by atoms with Crippen LogP contribution in [0.15, 0.2) is 12.1 Å². The molecule has 1 unspecified atom stereocenters. The Labute approximate surface area is 188 Å². The van der Waals surface area contributed by atoms with Crippen molar-refractivity contribution in [1.29, 1.82) is 0 Å². The van der Waals surface area contributed by atoms with Crippen molar-refractivity contribution < 1.29 is 37.0 Å². The number of ketones is 1. The first kappa shape index (κ1) is 24.0. The van der Waals surface area contributed by atoms with Gasteiger partial charge in [-0.25, -0.2) is 9.18 Å². The van der Waals surface area contributed by atoms with Gasteiger partial charge < -0.3 is 9.84 Å². The second kappa shape index (κ2) is 8.69. The van der Waals surface area contributed by atoms with Crippen LogP contribution in [0.1, 0.15) is 55.3 Å². The lowest BCUT2D eigenvalue weighted by Crippen LogP contribution is -2.44. The zero-order valence-corrected chi connectivity index (χ0v) is 18.4. The van der Waals surface area contributed by atoms with Gasteiger partial charge in [0.15, 0.2) is 17.2 Å². The van der Waals surface area contributed by atoms with E-state index >= 15 is 0 Å². The molecule has 11 heteroatoms. The number of hydrogen-bond acceptors (Lipinski definition) is 5. The van der Waals surface area contributed by atoms with Crippen LogP contribution in [0.5, 0.6) is 0 Å². The van der Waals surface area contributed by atoms with Gasteiger partial charge in [-0.15, -0.1) is 11.3 Å². The van der Waals surface area contributed by atoms with Gasteiger partial charge in [0.2, 0.25) is 0 Å². The maximum atomic E-state index is 13.9. The molecule has 0 saturated heterocycles. The number of halogens is 6. The minimum absolute atomic E-state index is 0.0305. The van der Waals surface area contributed by atoms with Gasteiger partial charge in [-0.1, -0.05) is 23.2 Å². The van der Waals surface area contributed by atoms with Crippen LogP contribution in [0.4, 0.5) is 17.6 Å². The van der Waals surface area contributed by atoms with E-state index in [1.165, 1.54) is 7.11 Å². The number of carbonyl (C=O) groups is 2. The molecule has 0 spiro atoms. The molecule has 1 N–H and O–H groups in total. The summed E-state index contributed by atoms with van der Waals surface area (Å²) in [6.07, 6.45) is -4.30. The predicted molar refractivity (Wildman–Crippen MR) is 108 cm³/mol. The van der Waals surface area contributed by atoms with Crippen molar-refractivity contribution in [3.05, 3.63) is 54.4 Å². The number of benzene rings is 1. The first-order valence-corrected chi connectivity index (χ1v) is 10.7. The lowest BCUT2D eigenvalue weighted by Gasteiger charge is -2.31. The van der Waals surface area contributed by atoms with Gasteiger partial charge in [-0.2, -0.15) is 13.2 Å². The van der Waals surface area contributed by atoms with Gasteiger partial charge in [0, 0.05) is 0 Å². The molecule has 0 radical (unpaired) electrons. The second-order valence-corrected chi connectivity index (χ2v) is 8.96. The molecule has 2 aromatic rings. The molecule has 1 aromatic carbocycles. The summed E-state index contributed by atoms with van der Waals surface area (Å²) in [6.45, 7) is 0. The highest BCUT2D eigenvalue weighted by Gasteiger charge is 2.56. The Balaban J connectivity index is 2.07. The molecule has 1 atom stereocenters. The SMILES string of the molecule is COC(=O)c1sc(C(=O)CC(O)(c2cc(Cl)c(F)c(Cl)c2)C(F)(F)F)c2c1CCCC2. The fourth-order valence-corrected chi connectivity index (χ4v) is 5.33. The van der Waals surface area contributed by atoms with Gasteiger partial charge in [-0.05, 0) is 54.5 Å². The number of methoxy groups -OCH3 is 1. The highest BCUT2D eigenvalue weighted by atomic mass is 35.5. The summed E-state index contributed by atoms with van der Waals surface area (Å²) in [4.78, 5) is 25.2. The predicted octanol–water partition coefficient (Wildman–Crippen LogP) is 5.88. The standard InChI is InChI=1S/C20H16Cl2F4O4S/c1-30-18(28)17-11-5-3-2-4-10(11)16(31-17)14(27)8-19(29,20(24,25)26)9-6-12(21)15(23)13(22)7-9/h6-7,29H,2-5,8H2,1H3. The van der Waals surface area contributed by atoms with Crippen molar-refractivity contribution in [2.75, 3.05) is 7.11 Å². The van der Waals surface area contributed by atoms with E-state index in [1.807, 2.05) is 0 Å². The number of alkyl halides is 3. The summed E-state index contributed by atoms with van der Waals surface area (Å²) in [7, 11) is 1.17. The molecule has 0 amide bonds. The Morgan fingerprint density at radius 1 is 1.10 bits per heavy atom. The molecular weight excluding hydrogens is 483 g/mol. The van der Waals surface area contributed by atoms with E-state index in [1.54, 1.807) is 0 Å². The van der Waals surface area contributed by atoms with Gasteiger partial charge in [0.25, 0.3) is 0 Å². The average molecular weight is 499 g/mol. The molecule has 1 aliphatic carbocycles. The van der Waals surface area contributed by atoms with Crippen LogP contribution in [0.2, 0.25) is 10.0 Å². The van der Waals surface area contributed by atoms with E-state index in [0.717, 1.165) is 17.8 Å². The molecule has 0 aliphatic heterocycles. The zero-order valence-electron chi connectivity index (χ0n) is 16.0. The third kappa shape index (κ3) is 4.33.